The van der Waals surface area contributed by atoms with Crippen molar-refractivity contribution in [2.75, 3.05) is 24.3 Å². The largest absolute Gasteiger partial charge is 0.481 e. The SMILES string of the molecule is CC[C@H](C)[C@H](NC(=O)[C@H](Cc1ccccc1)NC(=O)[C@H](CCC(=O)O)NC(=O)[C@H](CC(=O)O)NC(=O)[C@H](CS)NC(=O)[C@H](CCSC)NC(=O)[C@@H]1CCCN1)C(=O)N[C@@H](CC(N)=O)C(=O)N[C@H](C(=O)O)C(C)C. The Kier molecular flexibility index (Phi) is 27.3. The molecule has 0 bridgehead atoms. The van der Waals surface area contributed by atoms with Crippen molar-refractivity contribution >= 4 is 95.5 Å². The van der Waals surface area contributed by atoms with Gasteiger partial charge in [0.15, 0.2) is 0 Å². The van der Waals surface area contributed by atoms with Gasteiger partial charge in [-0.1, -0.05) is 64.4 Å². The van der Waals surface area contributed by atoms with E-state index in [-0.39, 0.29) is 25.0 Å². The molecule has 1 aliphatic heterocycles. The molecule has 0 spiro atoms. The Morgan fingerprint density at radius 3 is 1.68 bits per heavy atom. The molecule has 0 saturated carbocycles. The standard InChI is InChI=1S/C46H70N10O15S2/c1-6-24(4)37(45(69)53-30(20-33(47)57)43(67)55-36(23(2)3)46(70)71)56-42(66)29(19-25-11-8-7-9-12-25)51-39(63)27(14-15-34(58)59)49-41(65)31(21-35(60)61)52-44(68)32(22-72)54-40(64)28(16-18-73-5)50-38(62)26-13-10-17-48-26/h7-9,11-12,23-24,26-32,36-37,48,72H,6,10,13-22H2,1-5H3,(H2,47,57)(H,49,65)(H,50,62)(H,51,63)(H,52,68)(H,53,69)(H,54,64)(H,55,67)(H,56,66)(H,58,59)(H,60,61)(H,70,71)/t24-,26-,27-,28-,29-,30-,31-,32-,36-,37-/m0/s1. The molecule has 1 saturated heterocycles. The molecule has 27 heteroatoms. The highest BCUT2D eigenvalue weighted by Gasteiger charge is 2.37. The zero-order valence-electron chi connectivity index (χ0n) is 41.4. The number of carboxylic acids is 3. The van der Waals surface area contributed by atoms with Gasteiger partial charge < -0.3 is 68.9 Å². The number of aliphatic carboxylic acids is 3. The fraction of sp³-hybridized carbons (Fsp3) is 0.609. The smallest absolute Gasteiger partial charge is 0.326 e. The van der Waals surface area contributed by atoms with Gasteiger partial charge in [0.25, 0.3) is 0 Å². The number of nitrogens with one attached hydrogen (secondary N) is 9. The summed E-state index contributed by atoms with van der Waals surface area (Å²) in [7, 11) is 0. The Bertz CT molecular complexity index is 2110. The predicted molar refractivity (Wildman–Crippen MR) is 268 cm³/mol. The van der Waals surface area contributed by atoms with Gasteiger partial charge in [-0.2, -0.15) is 24.4 Å². The molecule has 73 heavy (non-hydrogen) atoms. The first-order valence-corrected chi connectivity index (χ1v) is 25.7. The average molecular weight is 1070 g/mol. The highest BCUT2D eigenvalue weighted by molar-refractivity contribution is 7.98. The lowest BCUT2D eigenvalue weighted by atomic mass is 9.96. The number of nitrogens with two attached hydrogens (primary N) is 1. The summed E-state index contributed by atoms with van der Waals surface area (Å²) >= 11 is 5.57. The molecule has 2 rings (SSSR count). The fourth-order valence-electron chi connectivity index (χ4n) is 7.34. The van der Waals surface area contributed by atoms with Crippen molar-refractivity contribution in [2.45, 2.75) is 140 Å². The Balaban J connectivity index is 2.43. The number of hydrogen-bond donors (Lipinski definition) is 14. The van der Waals surface area contributed by atoms with Crippen molar-refractivity contribution in [3.63, 3.8) is 0 Å². The molecule has 0 aromatic heterocycles. The van der Waals surface area contributed by atoms with E-state index < -0.39 is 163 Å². The molecule has 1 fully saturated rings. The van der Waals surface area contributed by atoms with Crippen LogP contribution in [-0.4, -0.2) is 165 Å². The lowest BCUT2D eigenvalue weighted by molar-refractivity contribution is -0.144. The highest BCUT2D eigenvalue weighted by Crippen LogP contribution is 2.14. The number of rotatable bonds is 33. The third-order valence-corrected chi connectivity index (χ3v) is 12.7. The quantitative estimate of drug-likeness (QED) is 0.0325. The Hall–Kier alpha value is -6.48. The summed E-state index contributed by atoms with van der Waals surface area (Å²) in [6, 6.07) is -4.72. The first kappa shape index (κ1) is 62.6. The molecule has 9 amide bonds. The molecule has 1 aromatic rings. The molecule has 406 valence electrons. The van der Waals surface area contributed by atoms with Crippen molar-refractivity contribution in [3.05, 3.63) is 35.9 Å². The zero-order valence-corrected chi connectivity index (χ0v) is 43.1. The fourth-order valence-corrected chi connectivity index (χ4v) is 8.07. The molecule has 1 aliphatic rings. The van der Waals surface area contributed by atoms with Gasteiger partial charge in [0, 0.05) is 18.6 Å². The number of thiol groups is 1. The van der Waals surface area contributed by atoms with Gasteiger partial charge in [-0.3, -0.25) is 52.7 Å². The topological polar surface area (TPSA) is 400 Å². The molecule has 0 radical (unpaired) electrons. The Labute approximate surface area is 432 Å². The second kappa shape index (κ2) is 31.9. The number of carbonyl (C=O) groups excluding carboxylic acids is 9. The van der Waals surface area contributed by atoms with Gasteiger partial charge in [0.05, 0.1) is 18.9 Å². The summed E-state index contributed by atoms with van der Waals surface area (Å²) in [5.41, 5.74) is 5.84. The van der Waals surface area contributed by atoms with Gasteiger partial charge in [-0.15, -0.1) is 0 Å². The zero-order chi connectivity index (χ0) is 54.9. The van der Waals surface area contributed by atoms with Crippen LogP contribution < -0.4 is 53.6 Å². The van der Waals surface area contributed by atoms with Gasteiger partial charge in [-0.05, 0) is 61.6 Å². The number of hydrogen-bond acceptors (Lipinski definition) is 15. The van der Waals surface area contributed by atoms with E-state index in [1.165, 1.54) is 25.6 Å². The lowest BCUT2D eigenvalue weighted by Crippen LogP contribution is -2.61. The maximum Gasteiger partial charge on any atom is 0.326 e. The van der Waals surface area contributed by atoms with Crippen molar-refractivity contribution in [1.82, 2.24) is 47.9 Å². The number of thioether (sulfide) groups is 1. The first-order chi connectivity index (χ1) is 34.4. The van der Waals surface area contributed by atoms with Crippen molar-refractivity contribution in [2.24, 2.45) is 17.6 Å². The van der Waals surface area contributed by atoms with Gasteiger partial charge in [-0.25, -0.2) is 4.79 Å². The monoisotopic (exact) mass is 1070 g/mol. The minimum Gasteiger partial charge on any atom is -0.481 e. The summed E-state index contributed by atoms with van der Waals surface area (Å²) < 4.78 is 0. The molecular weight excluding hydrogens is 997 g/mol. The summed E-state index contributed by atoms with van der Waals surface area (Å²) in [5.74, 6) is -14.2. The number of primary amides is 1. The molecule has 10 atom stereocenters. The number of carbonyl (C=O) groups is 12. The molecule has 0 aliphatic carbocycles. The second-order valence-electron chi connectivity index (χ2n) is 17.8. The summed E-state index contributed by atoms with van der Waals surface area (Å²) in [6.07, 6.45) is 0.151. The Morgan fingerprint density at radius 1 is 0.658 bits per heavy atom. The van der Waals surface area contributed by atoms with E-state index in [1.807, 2.05) is 0 Å². The van der Waals surface area contributed by atoms with Crippen LogP contribution in [0.3, 0.4) is 0 Å². The minimum absolute atomic E-state index is 0.188. The van der Waals surface area contributed by atoms with Crippen molar-refractivity contribution in [1.29, 1.82) is 0 Å². The average Bonchev–Trinajstić information content (AvgIpc) is 3.88. The highest BCUT2D eigenvalue weighted by atomic mass is 32.2. The summed E-state index contributed by atoms with van der Waals surface area (Å²) in [6.45, 7) is 6.92. The predicted octanol–water partition coefficient (Wildman–Crippen LogP) is -2.46. The molecule has 1 heterocycles. The van der Waals surface area contributed by atoms with Crippen molar-refractivity contribution in [3.8, 4) is 0 Å². The second-order valence-corrected chi connectivity index (χ2v) is 19.2. The molecule has 25 nitrogen and oxygen atoms in total. The van der Waals surface area contributed by atoms with Crippen LogP contribution in [0.5, 0.6) is 0 Å². The third-order valence-electron chi connectivity index (χ3n) is 11.7. The van der Waals surface area contributed by atoms with Gasteiger partial charge in [0.2, 0.25) is 53.2 Å². The third kappa shape index (κ3) is 22.0. The number of amides is 9. The molecule has 14 N–H and O–H groups in total. The van der Waals surface area contributed by atoms with Crippen LogP contribution in [0, 0.1) is 11.8 Å². The summed E-state index contributed by atoms with van der Waals surface area (Å²) in [5, 5.41) is 51.4. The molecule has 0 unspecified atom stereocenters. The van der Waals surface area contributed by atoms with Crippen LogP contribution in [-0.2, 0) is 64.0 Å². The lowest BCUT2D eigenvalue weighted by Gasteiger charge is -2.29. The first-order valence-electron chi connectivity index (χ1n) is 23.7. The summed E-state index contributed by atoms with van der Waals surface area (Å²) in [4.78, 5) is 157. The van der Waals surface area contributed by atoms with Crippen LogP contribution in [0.25, 0.3) is 0 Å². The molecular formula is C46H70N10O15S2. The van der Waals surface area contributed by atoms with E-state index in [1.54, 1.807) is 50.4 Å². The maximum atomic E-state index is 14.3. The van der Waals surface area contributed by atoms with E-state index in [4.69, 9.17) is 5.73 Å². The maximum absolute atomic E-state index is 14.3. The van der Waals surface area contributed by atoms with E-state index in [0.29, 0.717) is 24.3 Å². The van der Waals surface area contributed by atoms with Crippen LogP contribution in [0.15, 0.2) is 30.3 Å². The van der Waals surface area contributed by atoms with E-state index >= 15 is 0 Å². The van der Waals surface area contributed by atoms with Gasteiger partial charge >= 0.3 is 17.9 Å². The number of carboxylic acid groups (broad SMARTS) is 3. The normalized spacial score (nSPS) is 16.8. The van der Waals surface area contributed by atoms with Crippen molar-refractivity contribution < 1.29 is 72.9 Å². The van der Waals surface area contributed by atoms with Gasteiger partial charge in [0.1, 0.15) is 48.3 Å². The van der Waals surface area contributed by atoms with E-state index in [0.717, 1.165) is 6.42 Å². The van der Waals surface area contributed by atoms with E-state index in [2.05, 4.69) is 60.5 Å². The van der Waals surface area contributed by atoms with Crippen LogP contribution in [0.4, 0.5) is 0 Å². The van der Waals surface area contributed by atoms with Crippen LogP contribution >= 0.6 is 24.4 Å². The minimum atomic E-state index is -1.93. The van der Waals surface area contributed by atoms with E-state index in [9.17, 15) is 72.9 Å². The van der Waals surface area contributed by atoms with Crippen LogP contribution in [0.1, 0.15) is 84.6 Å². The molecule has 1 aromatic carbocycles. The van der Waals surface area contributed by atoms with Crippen LogP contribution in [0.2, 0.25) is 0 Å². The number of benzene rings is 1. The Morgan fingerprint density at radius 2 is 1.16 bits per heavy atom.